The molecule has 0 N–H and O–H groups in total. The Hall–Kier alpha value is -1.41. The lowest BCUT2D eigenvalue weighted by atomic mass is 10.1. The molecule has 0 bridgehead atoms. The Morgan fingerprint density at radius 3 is 1.92 bits per heavy atom. The second-order valence-corrected chi connectivity index (χ2v) is 7.05. The van der Waals surface area contributed by atoms with Crippen LogP contribution in [-0.4, -0.2) is 11.5 Å². The number of benzene rings is 1. The van der Waals surface area contributed by atoms with E-state index >= 15 is 0 Å². The average molecular weight is 379 g/mol. The lowest BCUT2D eigenvalue weighted by Crippen LogP contribution is -1.98. The van der Waals surface area contributed by atoms with Crippen LogP contribution in [-0.2, 0) is 0 Å². The minimum Gasteiger partial charge on any atom is -0.231 e. The van der Waals surface area contributed by atoms with E-state index in [0.29, 0.717) is 11.8 Å². The monoisotopic (exact) mass is 378 g/mol. The van der Waals surface area contributed by atoms with E-state index in [4.69, 9.17) is 11.6 Å². The zero-order valence-electron chi connectivity index (χ0n) is 18.1. The van der Waals surface area contributed by atoms with Crippen LogP contribution < -0.4 is 0 Å². The summed E-state index contributed by atoms with van der Waals surface area (Å²) in [6.07, 6.45) is 5.15. The van der Waals surface area contributed by atoms with Crippen molar-refractivity contribution in [3.63, 3.8) is 0 Å². The summed E-state index contributed by atoms with van der Waals surface area (Å²) >= 11 is 5.87. The van der Waals surface area contributed by atoms with Crippen molar-refractivity contribution in [2.24, 2.45) is 21.8 Å². The second-order valence-electron chi connectivity index (χ2n) is 6.71. The number of aryl methyl sites for hydroxylation is 2. The van der Waals surface area contributed by atoms with E-state index in [2.05, 4.69) is 96.2 Å². The van der Waals surface area contributed by atoms with Crippen LogP contribution in [0.15, 0.2) is 46.5 Å². The van der Waals surface area contributed by atoms with Crippen molar-refractivity contribution < 1.29 is 0 Å². The molecule has 0 aliphatic rings. The zero-order valence-corrected chi connectivity index (χ0v) is 18.9. The zero-order chi connectivity index (χ0) is 20.5. The Labute approximate surface area is 167 Å². The van der Waals surface area contributed by atoms with Gasteiger partial charge in [-0.05, 0) is 50.1 Å². The van der Waals surface area contributed by atoms with E-state index in [1.807, 2.05) is 6.21 Å². The minimum absolute atomic E-state index is 0.278. The normalized spacial score (nSPS) is 13.2. The highest BCUT2D eigenvalue weighted by Gasteiger charge is 2.03. The molecule has 0 aliphatic carbocycles. The van der Waals surface area contributed by atoms with Crippen molar-refractivity contribution in [2.75, 3.05) is 0 Å². The van der Waals surface area contributed by atoms with Crippen LogP contribution in [0.3, 0.4) is 0 Å². The predicted octanol–water partition coefficient (Wildman–Crippen LogP) is 7.98. The first-order valence-corrected chi connectivity index (χ1v) is 10.1. The first kappa shape index (κ1) is 26.8. The summed E-state index contributed by atoms with van der Waals surface area (Å²) in [4.78, 5) is 8.22. The van der Waals surface area contributed by atoms with Crippen LogP contribution in [0, 0.1) is 25.7 Å². The maximum Gasteiger partial charge on any atom is 0.222 e. The Morgan fingerprint density at radius 1 is 1.08 bits per heavy atom. The van der Waals surface area contributed by atoms with Gasteiger partial charge in [0, 0.05) is 11.9 Å². The molecule has 2 nitrogen and oxygen atoms in total. The summed E-state index contributed by atoms with van der Waals surface area (Å²) in [7, 11) is 0. The minimum atomic E-state index is 0.278. The smallest absolute Gasteiger partial charge is 0.222 e. The number of hydrogen-bond donors (Lipinski definition) is 0. The van der Waals surface area contributed by atoms with Gasteiger partial charge in [0.1, 0.15) is 0 Å². The van der Waals surface area contributed by atoms with Gasteiger partial charge in [0.2, 0.25) is 5.29 Å². The summed E-state index contributed by atoms with van der Waals surface area (Å²) in [5, 5.41) is 0.278. The van der Waals surface area contributed by atoms with Gasteiger partial charge in [0.05, 0.1) is 0 Å². The van der Waals surface area contributed by atoms with Gasteiger partial charge < -0.3 is 0 Å². The third-order valence-electron chi connectivity index (χ3n) is 3.67. The van der Waals surface area contributed by atoms with Gasteiger partial charge >= 0.3 is 0 Å². The van der Waals surface area contributed by atoms with Crippen molar-refractivity contribution in [1.82, 2.24) is 0 Å². The Bertz CT molecular complexity index is 530. The van der Waals surface area contributed by atoms with Gasteiger partial charge in [-0.2, -0.15) is 0 Å². The van der Waals surface area contributed by atoms with E-state index in [1.165, 1.54) is 17.5 Å². The molecule has 1 aromatic carbocycles. The Balaban J connectivity index is 0. The first-order valence-electron chi connectivity index (χ1n) is 9.71. The average Bonchev–Trinajstić information content (AvgIpc) is 2.59. The fourth-order valence-electron chi connectivity index (χ4n) is 1.59. The van der Waals surface area contributed by atoms with E-state index in [1.54, 1.807) is 0 Å². The molecule has 2 atom stereocenters. The standard InChI is InChI=1S/C12H21ClN2.C8H10.C3H8/c1-6-9(3)8-14-12(13)15-11(5)10(4)7-2;1-7-4-3-5-8(2)6-7;1-3-2/h8-10H,5-7H2,1-4H3;3-6H,1-2H3;3H2,1-2H3/b14-8-,15-12?;;. The van der Waals surface area contributed by atoms with Crippen LogP contribution in [0.4, 0.5) is 0 Å². The molecule has 0 aliphatic heterocycles. The summed E-state index contributed by atoms with van der Waals surface area (Å²) < 4.78 is 0. The molecule has 26 heavy (non-hydrogen) atoms. The van der Waals surface area contributed by atoms with Gasteiger partial charge in [0.25, 0.3) is 0 Å². The predicted molar refractivity (Wildman–Crippen MR) is 122 cm³/mol. The fourth-order valence-corrected chi connectivity index (χ4v) is 1.76. The summed E-state index contributed by atoms with van der Waals surface area (Å²) in [6, 6.07) is 8.45. The molecule has 0 spiro atoms. The van der Waals surface area contributed by atoms with Gasteiger partial charge in [-0.3, -0.25) is 0 Å². The van der Waals surface area contributed by atoms with E-state index in [9.17, 15) is 0 Å². The van der Waals surface area contributed by atoms with Crippen molar-refractivity contribution >= 4 is 23.1 Å². The molecule has 0 heterocycles. The highest BCUT2D eigenvalue weighted by Crippen LogP contribution is 2.14. The Morgan fingerprint density at radius 2 is 1.58 bits per heavy atom. The molecule has 0 fully saturated rings. The van der Waals surface area contributed by atoms with Gasteiger partial charge in [-0.15, -0.1) is 0 Å². The first-order chi connectivity index (χ1) is 12.2. The maximum absolute atomic E-state index is 5.87. The van der Waals surface area contributed by atoms with Crippen molar-refractivity contribution in [2.45, 2.75) is 74.7 Å². The molecule has 1 rings (SSSR count). The molecule has 0 saturated heterocycles. The number of nitrogens with zero attached hydrogens (tertiary/aromatic N) is 2. The lowest BCUT2D eigenvalue weighted by molar-refractivity contribution is 0.651. The molecule has 148 valence electrons. The second kappa shape index (κ2) is 17.0. The fraction of sp³-hybridized carbons (Fsp3) is 0.565. The lowest BCUT2D eigenvalue weighted by Gasteiger charge is -2.06. The van der Waals surface area contributed by atoms with Crippen LogP contribution in [0.5, 0.6) is 0 Å². The third-order valence-corrected chi connectivity index (χ3v) is 3.85. The third kappa shape index (κ3) is 16.1. The van der Waals surface area contributed by atoms with Crippen molar-refractivity contribution in [3.05, 3.63) is 47.7 Å². The Kier molecular flexibility index (Phi) is 17.6. The SMILES string of the molecule is C=C(N=C(Cl)/N=C\C(C)CC)C(C)CC.CCC.Cc1cccc(C)c1. The maximum atomic E-state index is 5.87. The molecule has 0 amide bonds. The van der Waals surface area contributed by atoms with Crippen molar-refractivity contribution in [3.8, 4) is 0 Å². The number of allylic oxidation sites excluding steroid dienone is 1. The summed E-state index contributed by atoms with van der Waals surface area (Å²) in [5.74, 6) is 0.795. The van der Waals surface area contributed by atoms with Crippen LogP contribution in [0.25, 0.3) is 0 Å². The van der Waals surface area contributed by atoms with Crippen LogP contribution >= 0.6 is 11.6 Å². The number of aliphatic imine (C=N–C) groups is 2. The molecule has 0 radical (unpaired) electrons. The summed E-state index contributed by atoms with van der Waals surface area (Å²) in [6.45, 7) is 20.7. The number of halogens is 1. The molecule has 2 unspecified atom stereocenters. The highest BCUT2D eigenvalue weighted by atomic mass is 35.5. The molecule has 0 aromatic heterocycles. The number of amidine groups is 1. The van der Waals surface area contributed by atoms with Crippen LogP contribution in [0.1, 0.15) is 71.9 Å². The van der Waals surface area contributed by atoms with Crippen molar-refractivity contribution in [1.29, 1.82) is 0 Å². The molecule has 1 aromatic rings. The van der Waals surface area contributed by atoms with Gasteiger partial charge in [0.15, 0.2) is 0 Å². The van der Waals surface area contributed by atoms with Crippen LogP contribution in [0.2, 0.25) is 0 Å². The molecule has 0 saturated carbocycles. The quantitative estimate of drug-likeness (QED) is 0.282. The van der Waals surface area contributed by atoms with E-state index in [-0.39, 0.29) is 5.29 Å². The van der Waals surface area contributed by atoms with Gasteiger partial charge in [-0.25, -0.2) is 9.98 Å². The molecular weight excluding hydrogens is 340 g/mol. The van der Waals surface area contributed by atoms with E-state index < -0.39 is 0 Å². The van der Waals surface area contributed by atoms with Gasteiger partial charge in [-0.1, -0.05) is 89.9 Å². The molecular formula is C23H39ClN2. The van der Waals surface area contributed by atoms with E-state index in [0.717, 1.165) is 18.5 Å². The highest BCUT2D eigenvalue weighted by molar-refractivity contribution is 6.65. The number of rotatable bonds is 5. The number of hydrogen-bond acceptors (Lipinski definition) is 1. The molecule has 3 heteroatoms. The topological polar surface area (TPSA) is 24.7 Å². The summed E-state index contributed by atoms with van der Waals surface area (Å²) in [5.41, 5.74) is 3.47. The largest absolute Gasteiger partial charge is 0.231 e.